The largest absolute Gasteiger partial charge is 0.365 e. The van der Waals surface area contributed by atoms with Crippen molar-refractivity contribution in [3.63, 3.8) is 0 Å². The Hall–Kier alpha value is -3.02. The van der Waals surface area contributed by atoms with E-state index in [-0.39, 0.29) is 5.82 Å². The van der Waals surface area contributed by atoms with Gasteiger partial charge in [-0.3, -0.25) is 0 Å². The number of hydrogen-bond acceptors (Lipinski definition) is 5. The molecule has 0 aliphatic carbocycles. The maximum Gasteiger partial charge on any atom is 0.249 e. The third-order valence-electron chi connectivity index (χ3n) is 3.92. The van der Waals surface area contributed by atoms with Crippen LogP contribution in [0.4, 0.5) is 21.8 Å². The molecular weight excluding hydrogens is 317 g/mol. The fraction of sp³-hybridized carbons (Fsp3) is 0.211. The van der Waals surface area contributed by atoms with E-state index < -0.39 is 0 Å². The molecule has 0 aliphatic heterocycles. The predicted molar refractivity (Wildman–Crippen MR) is 97.4 cm³/mol. The standard InChI is InChI=1S/C19H20FN5/c1-3-15-6-4-5-13(2)18(15)24-19-23-17(12-22-25-19)21-11-14-7-9-16(20)10-8-14/h4-10,12H,3,11H2,1-2H3,(H2,21,23,24,25). The second-order valence-corrected chi connectivity index (χ2v) is 5.73. The Labute approximate surface area is 146 Å². The van der Waals surface area contributed by atoms with E-state index in [1.807, 2.05) is 19.1 Å². The molecule has 2 N–H and O–H groups in total. The highest BCUT2D eigenvalue weighted by Gasteiger charge is 2.07. The summed E-state index contributed by atoms with van der Waals surface area (Å²) in [5.41, 5.74) is 4.31. The van der Waals surface area contributed by atoms with Crippen LogP contribution in [-0.2, 0) is 13.0 Å². The molecule has 128 valence electrons. The Kier molecular flexibility index (Phi) is 5.18. The average molecular weight is 337 g/mol. The third kappa shape index (κ3) is 4.29. The minimum atomic E-state index is -0.246. The predicted octanol–water partition coefficient (Wildman–Crippen LogP) is 4.24. The summed E-state index contributed by atoms with van der Waals surface area (Å²) in [5.74, 6) is 0.797. The van der Waals surface area contributed by atoms with Crippen LogP contribution in [0.25, 0.3) is 0 Å². The first-order valence-electron chi connectivity index (χ1n) is 8.19. The molecule has 0 bridgehead atoms. The van der Waals surface area contributed by atoms with Crippen LogP contribution >= 0.6 is 0 Å². The smallest absolute Gasteiger partial charge is 0.249 e. The summed E-state index contributed by atoms with van der Waals surface area (Å²) in [6.07, 6.45) is 2.48. The van der Waals surface area contributed by atoms with Crippen LogP contribution in [0.2, 0.25) is 0 Å². The number of benzene rings is 2. The zero-order valence-corrected chi connectivity index (χ0v) is 14.3. The lowest BCUT2D eigenvalue weighted by Gasteiger charge is -2.13. The number of nitrogens with zero attached hydrogens (tertiary/aromatic N) is 3. The third-order valence-corrected chi connectivity index (χ3v) is 3.92. The lowest BCUT2D eigenvalue weighted by atomic mass is 10.1. The number of nitrogens with one attached hydrogen (secondary N) is 2. The van der Waals surface area contributed by atoms with E-state index in [1.165, 1.54) is 17.7 Å². The molecular formula is C19H20FN5. The highest BCUT2D eigenvalue weighted by molar-refractivity contribution is 5.63. The van der Waals surface area contributed by atoms with Gasteiger partial charge < -0.3 is 10.6 Å². The molecule has 3 aromatic rings. The summed E-state index contributed by atoms with van der Waals surface area (Å²) >= 11 is 0. The van der Waals surface area contributed by atoms with Crippen LogP contribution in [-0.4, -0.2) is 15.2 Å². The van der Waals surface area contributed by atoms with Crippen molar-refractivity contribution in [2.24, 2.45) is 0 Å². The topological polar surface area (TPSA) is 62.7 Å². The molecule has 6 heteroatoms. The van der Waals surface area contributed by atoms with Gasteiger partial charge in [-0.1, -0.05) is 37.3 Å². The summed E-state index contributed by atoms with van der Waals surface area (Å²) in [5, 5.41) is 14.5. The quantitative estimate of drug-likeness (QED) is 0.704. The van der Waals surface area contributed by atoms with Gasteiger partial charge in [-0.05, 0) is 42.2 Å². The first kappa shape index (κ1) is 16.8. The summed E-state index contributed by atoms with van der Waals surface area (Å²) < 4.78 is 12.9. The minimum Gasteiger partial charge on any atom is -0.365 e. The van der Waals surface area contributed by atoms with Crippen LogP contribution in [0.1, 0.15) is 23.6 Å². The average Bonchev–Trinajstić information content (AvgIpc) is 2.63. The van der Waals surface area contributed by atoms with Crippen LogP contribution in [0.15, 0.2) is 48.7 Å². The molecule has 0 saturated carbocycles. The second kappa shape index (κ2) is 7.70. The second-order valence-electron chi connectivity index (χ2n) is 5.73. The van der Waals surface area contributed by atoms with Crippen molar-refractivity contribution in [2.45, 2.75) is 26.8 Å². The van der Waals surface area contributed by atoms with Crippen LogP contribution in [0.5, 0.6) is 0 Å². The number of aryl methyl sites for hydroxylation is 2. The van der Waals surface area contributed by atoms with Crippen molar-refractivity contribution in [3.8, 4) is 0 Å². The van der Waals surface area contributed by atoms with Crippen LogP contribution < -0.4 is 10.6 Å². The number of halogens is 1. The van der Waals surface area contributed by atoms with Gasteiger partial charge in [0.25, 0.3) is 0 Å². The molecule has 3 rings (SSSR count). The van der Waals surface area contributed by atoms with Gasteiger partial charge in [0.05, 0.1) is 6.20 Å². The number of para-hydroxylation sites is 1. The maximum absolute atomic E-state index is 12.9. The van der Waals surface area contributed by atoms with Gasteiger partial charge in [-0.2, -0.15) is 10.1 Å². The number of rotatable bonds is 6. The van der Waals surface area contributed by atoms with Crippen molar-refractivity contribution in [3.05, 3.63) is 71.2 Å². The Morgan fingerprint density at radius 2 is 1.88 bits per heavy atom. The van der Waals surface area contributed by atoms with E-state index in [9.17, 15) is 4.39 Å². The lowest BCUT2D eigenvalue weighted by Crippen LogP contribution is -2.07. The van der Waals surface area contributed by atoms with Crippen molar-refractivity contribution in [1.82, 2.24) is 15.2 Å². The van der Waals surface area contributed by atoms with E-state index in [0.29, 0.717) is 18.3 Å². The Morgan fingerprint density at radius 3 is 2.64 bits per heavy atom. The van der Waals surface area contributed by atoms with Gasteiger partial charge in [0.1, 0.15) is 5.82 Å². The SMILES string of the molecule is CCc1cccc(C)c1Nc1nncc(NCc2ccc(F)cc2)n1. The molecule has 25 heavy (non-hydrogen) atoms. The summed E-state index contributed by atoms with van der Waals surface area (Å²) in [4.78, 5) is 4.45. The summed E-state index contributed by atoms with van der Waals surface area (Å²) in [6, 6.07) is 12.5. The molecule has 2 aromatic carbocycles. The first-order chi connectivity index (χ1) is 12.2. The van der Waals surface area contributed by atoms with Crippen LogP contribution in [0, 0.1) is 12.7 Å². The highest BCUT2D eigenvalue weighted by atomic mass is 19.1. The van der Waals surface area contributed by atoms with Gasteiger partial charge in [0.2, 0.25) is 5.95 Å². The van der Waals surface area contributed by atoms with E-state index in [2.05, 4.69) is 38.8 Å². The molecule has 1 aromatic heterocycles. The van der Waals surface area contributed by atoms with E-state index in [4.69, 9.17) is 0 Å². The molecule has 0 saturated heterocycles. The monoisotopic (exact) mass is 337 g/mol. The van der Waals surface area contributed by atoms with Crippen molar-refractivity contribution < 1.29 is 4.39 Å². The van der Waals surface area contributed by atoms with Gasteiger partial charge in [-0.25, -0.2) is 4.39 Å². The molecule has 0 spiro atoms. The molecule has 0 fully saturated rings. The van der Waals surface area contributed by atoms with E-state index >= 15 is 0 Å². The fourth-order valence-electron chi connectivity index (χ4n) is 2.55. The van der Waals surface area contributed by atoms with Gasteiger partial charge in [0.15, 0.2) is 5.82 Å². The van der Waals surface area contributed by atoms with Gasteiger partial charge in [0, 0.05) is 12.2 Å². The highest BCUT2D eigenvalue weighted by Crippen LogP contribution is 2.24. The Balaban J connectivity index is 1.72. The summed E-state index contributed by atoms with van der Waals surface area (Å²) in [7, 11) is 0. The fourth-order valence-corrected chi connectivity index (χ4v) is 2.55. The molecule has 5 nitrogen and oxygen atoms in total. The van der Waals surface area contributed by atoms with E-state index in [0.717, 1.165) is 23.2 Å². The van der Waals surface area contributed by atoms with Crippen molar-refractivity contribution in [2.75, 3.05) is 10.6 Å². The van der Waals surface area contributed by atoms with Crippen LogP contribution in [0.3, 0.4) is 0 Å². The zero-order chi connectivity index (χ0) is 17.6. The minimum absolute atomic E-state index is 0.246. The zero-order valence-electron chi connectivity index (χ0n) is 14.3. The molecule has 0 atom stereocenters. The molecule has 0 unspecified atom stereocenters. The molecule has 0 amide bonds. The molecule has 0 radical (unpaired) electrons. The molecule has 0 aliphatic rings. The van der Waals surface area contributed by atoms with E-state index in [1.54, 1.807) is 18.3 Å². The number of anilines is 3. The number of hydrogen-bond donors (Lipinski definition) is 2. The maximum atomic E-state index is 12.9. The Morgan fingerprint density at radius 1 is 1.08 bits per heavy atom. The number of aromatic nitrogens is 3. The molecule has 1 heterocycles. The Bertz CT molecular complexity index is 849. The van der Waals surface area contributed by atoms with Gasteiger partial charge in [-0.15, -0.1) is 5.10 Å². The van der Waals surface area contributed by atoms with Gasteiger partial charge >= 0.3 is 0 Å². The van der Waals surface area contributed by atoms with Crippen molar-refractivity contribution >= 4 is 17.5 Å². The lowest BCUT2D eigenvalue weighted by molar-refractivity contribution is 0.627. The normalized spacial score (nSPS) is 10.5. The first-order valence-corrected chi connectivity index (χ1v) is 8.19. The summed E-state index contributed by atoms with van der Waals surface area (Å²) in [6.45, 7) is 4.69. The van der Waals surface area contributed by atoms with Crippen molar-refractivity contribution in [1.29, 1.82) is 0 Å².